The third-order valence-corrected chi connectivity index (χ3v) is 7.00. The van der Waals surface area contributed by atoms with Crippen molar-refractivity contribution < 1.29 is 0 Å². The fourth-order valence-electron chi connectivity index (χ4n) is 4.89. The number of rotatable bonds is 5. The van der Waals surface area contributed by atoms with Crippen LogP contribution >= 0.6 is 0 Å². The summed E-state index contributed by atoms with van der Waals surface area (Å²) in [5.41, 5.74) is 9.30. The summed E-state index contributed by atoms with van der Waals surface area (Å²) in [6.45, 7) is 5.48. The monoisotopic (exact) mass is 484 g/mol. The molecule has 8 heteroatoms. The van der Waals surface area contributed by atoms with Crippen LogP contribution in [0, 0.1) is 6.92 Å². The van der Waals surface area contributed by atoms with Crippen LogP contribution in [0.3, 0.4) is 0 Å². The number of imidazole rings is 1. The Labute approximate surface area is 213 Å². The summed E-state index contributed by atoms with van der Waals surface area (Å²) in [6.07, 6.45) is 9.96. The normalized spacial score (nSPS) is 13.8. The van der Waals surface area contributed by atoms with E-state index in [0.717, 1.165) is 51.4 Å². The molecule has 0 atom stereocenters. The lowest BCUT2D eigenvalue weighted by Gasteiger charge is -2.30. The molecule has 0 N–H and O–H groups in total. The van der Waals surface area contributed by atoms with Crippen molar-refractivity contribution in [2.75, 3.05) is 13.1 Å². The van der Waals surface area contributed by atoms with Gasteiger partial charge in [-0.15, -0.1) is 0 Å². The lowest BCUT2D eigenvalue weighted by Crippen LogP contribution is -2.36. The predicted octanol–water partition coefficient (Wildman–Crippen LogP) is 4.98. The zero-order valence-electron chi connectivity index (χ0n) is 20.4. The Morgan fingerprint density at radius 3 is 2.49 bits per heavy atom. The van der Waals surface area contributed by atoms with Crippen LogP contribution in [0.15, 0.2) is 79.5 Å². The second-order valence-electron chi connectivity index (χ2n) is 9.40. The molecule has 0 radical (unpaired) electrons. The molecule has 0 bridgehead atoms. The van der Waals surface area contributed by atoms with Gasteiger partial charge in [-0.2, -0.15) is 5.10 Å². The second kappa shape index (κ2) is 8.83. The van der Waals surface area contributed by atoms with Crippen LogP contribution in [0.25, 0.3) is 50.5 Å². The Hall–Kier alpha value is -4.56. The van der Waals surface area contributed by atoms with E-state index in [0.29, 0.717) is 11.3 Å². The molecule has 0 unspecified atom stereocenters. The molecule has 7 rings (SSSR count). The van der Waals surface area contributed by atoms with E-state index in [4.69, 9.17) is 15.1 Å². The molecule has 6 heterocycles. The van der Waals surface area contributed by atoms with Crippen LogP contribution in [0.1, 0.15) is 17.7 Å². The van der Waals surface area contributed by atoms with Gasteiger partial charge >= 0.3 is 0 Å². The Morgan fingerprint density at radius 2 is 1.70 bits per heavy atom. The van der Waals surface area contributed by atoms with E-state index in [1.54, 1.807) is 24.8 Å². The topological polar surface area (TPSA) is 85.0 Å². The predicted molar refractivity (Wildman–Crippen MR) is 143 cm³/mol. The smallest absolute Gasteiger partial charge is 0.160 e. The van der Waals surface area contributed by atoms with Crippen molar-refractivity contribution in [3.63, 3.8) is 0 Å². The van der Waals surface area contributed by atoms with E-state index in [1.807, 2.05) is 35.8 Å². The molecule has 0 spiro atoms. The highest BCUT2D eigenvalue weighted by Crippen LogP contribution is 2.31. The minimum absolute atomic E-state index is 0.641. The second-order valence-corrected chi connectivity index (χ2v) is 9.40. The van der Waals surface area contributed by atoms with Gasteiger partial charge in [0.15, 0.2) is 11.3 Å². The summed E-state index contributed by atoms with van der Waals surface area (Å²) in [5.74, 6) is 0. The van der Waals surface area contributed by atoms with Gasteiger partial charge in [0, 0.05) is 41.6 Å². The first-order chi connectivity index (χ1) is 18.2. The molecule has 8 nitrogen and oxygen atoms in total. The van der Waals surface area contributed by atoms with Gasteiger partial charge in [0.1, 0.15) is 5.69 Å². The maximum Gasteiger partial charge on any atom is 0.160 e. The largest absolute Gasteiger partial charge is 0.299 e. The Balaban J connectivity index is 1.26. The summed E-state index contributed by atoms with van der Waals surface area (Å²) in [5, 5.41) is 5.87. The summed E-state index contributed by atoms with van der Waals surface area (Å²) < 4.78 is 1.91. The lowest BCUT2D eigenvalue weighted by molar-refractivity contribution is 0.172. The van der Waals surface area contributed by atoms with Gasteiger partial charge in [0.2, 0.25) is 0 Å². The molecule has 0 amide bonds. The number of benzene rings is 1. The lowest BCUT2D eigenvalue weighted by atomic mass is 10.0. The first-order valence-electron chi connectivity index (χ1n) is 12.4. The van der Waals surface area contributed by atoms with Gasteiger partial charge in [-0.1, -0.05) is 24.3 Å². The molecule has 1 fully saturated rings. The number of hydrogen-bond acceptors (Lipinski definition) is 7. The molecule has 1 saturated heterocycles. The maximum atomic E-state index is 4.94. The minimum Gasteiger partial charge on any atom is -0.299 e. The molecule has 37 heavy (non-hydrogen) atoms. The molecule has 5 aromatic heterocycles. The quantitative estimate of drug-likeness (QED) is 0.341. The van der Waals surface area contributed by atoms with Crippen molar-refractivity contribution in [3.8, 4) is 33.8 Å². The summed E-state index contributed by atoms with van der Waals surface area (Å²) >= 11 is 0. The van der Waals surface area contributed by atoms with Gasteiger partial charge in [-0.25, -0.2) is 19.5 Å². The van der Waals surface area contributed by atoms with Gasteiger partial charge in [0.25, 0.3) is 0 Å². The standard InChI is InChI=1S/C29H24N8/c1-19-24(21-5-3-20(4-6-21)18-36-13-2-14-36)15-28-33-17-27(37(28)35-19)22-9-10-32-29-23(22)7-8-25(34-29)26-16-30-11-12-31-26/h3-12,15-17H,2,13-14,18H2,1H3. The highest BCUT2D eigenvalue weighted by Gasteiger charge is 2.16. The van der Waals surface area contributed by atoms with Crippen LogP contribution < -0.4 is 0 Å². The Kier molecular flexibility index (Phi) is 5.18. The summed E-state index contributed by atoms with van der Waals surface area (Å²) in [6, 6.07) is 16.9. The average molecular weight is 485 g/mol. The van der Waals surface area contributed by atoms with Crippen molar-refractivity contribution >= 4 is 16.7 Å². The molecule has 180 valence electrons. The van der Waals surface area contributed by atoms with Crippen LogP contribution in [0.4, 0.5) is 0 Å². The van der Waals surface area contributed by atoms with Crippen LogP contribution in [0.2, 0.25) is 0 Å². The number of fused-ring (bicyclic) bond motifs is 2. The SMILES string of the molecule is Cc1nn2c(-c3ccnc4nc(-c5cnccn5)ccc34)cnc2cc1-c1ccc(CN2CCC2)cc1. The molecular formula is C29H24N8. The van der Waals surface area contributed by atoms with Gasteiger partial charge in [-0.3, -0.25) is 14.9 Å². The van der Waals surface area contributed by atoms with E-state index in [9.17, 15) is 0 Å². The molecule has 6 aromatic rings. The van der Waals surface area contributed by atoms with Crippen molar-refractivity contribution in [2.45, 2.75) is 19.9 Å². The molecule has 1 aliphatic rings. The molecule has 0 aliphatic carbocycles. The highest BCUT2D eigenvalue weighted by molar-refractivity contribution is 5.93. The molecular weight excluding hydrogens is 460 g/mol. The van der Waals surface area contributed by atoms with E-state index >= 15 is 0 Å². The van der Waals surface area contributed by atoms with Gasteiger partial charge < -0.3 is 0 Å². The minimum atomic E-state index is 0.641. The van der Waals surface area contributed by atoms with Crippen LogP contribution in [-0.2, 0) is 6.54 Å². The summed E-state index contributed by atoms with van der Waals surface area (Å²) in [7, 11) is 0. The van der Waals surface area contributed by atoms with Gasteiger partial charge in [0.05, 0.1) is 29.5 Å². The molecule has 1 aromatic carbocycles. The summed E-state index contributed by atoms with van der Waals surface area (Å²) in [4.78, 5) is 24.9. The number of aryl methyl sites for hydroxylation is 1. The van der Waals surface area contributed by atoms with Gasteiger partial charge in [-0.05, 0) is 61.8 Å². The van der Waals surface area contributed by atoms with Crippen molar-refractivity contribution in [1.29, 1.82) is 0 Å². The Morgan fingerprint density at radius 1 is 0.811 bits per heavy atom. The average Bonchev–Trinajstić information content (AvgIpc) is 3.33. The maximum absolute atomic E-state index is 4.94. The van der Waals surface area contributed by atoms with Crippen molar-refractivity contribution in [3.05, 3.63) is 90.8 Å². The van der Waals surface area contributed by atoms with Crippen molar-refractivity contribution in [1.82, 2.24) is 39.4 Å². The number of pyridine rings is 2. The molecule has 1 aliphatic heterocycles. The fourth-order valence-corrected chi connectivity index (χ4v) is 4.89. The van der Waals surface area contributed by atoms with E-state index < -0.39 is 0 Å². The number of hydrogen-bond donors (Lipinski definition) is 0. The zero-order chi connectivity index (χ0) is 24.8. The zero-order valence-corrected chi connectivity index (χ0v) is 20.4. The van der Waals surface area contributed by atoms with E-state index in [1.165, 1.54) is 25.1 Å². The number of nitrogens with zero attached hydrogens (tertiary/aromatic N) is 8. The Bertz CT molecular complexity index is 1740. The third kappa shape index (κ3) is 3.91. The molecule has 0 saturated carbocycles. The number of likely N-dealkylation sites (tertiary alicyclic amines) is 1. The highest BCUT2D eigenvalue weighted by atomic mass is 15.3. The van der Waals surface area contributed by atoms with Crippen LogP contribution in [0.5, 0.6) is 0 Å². The van der Waals surface area contributed by atoms with E-state index in [-0.39, 0.29) is 0 Å². The first-order valence-corrected chi connectivity index (χ1v) is 12.4. The number of aromatic nitrogens is 7. The third-order valence-electron chi connectivity index (χ3n) is 7.00. The van der Waals surface area contributed by atoms with Crippen molar-refractivity contribution in [2.24, 2.45) is 0 Å². The van der Waals surface area contributed by atoms with E-state index in [2.05, 4.69) is 50.2 Å². The van der Waals surface area contributed by atoms with Crippen LogP contribution in [-0.4, -0.2) is 52.5 Å². The fraction of sp³-hybridized carbons (Fsp3) is 0.172. The first kappa shape index (κ1) is 21.7.